The van der Waals surface area contributed by atoms with Crippen LogP contribution in [0.15, 0.2) is 18.2 Å². The maximum Gasteiger partial charge on any atom is 0.227 e. The van der Waals surface area contributed by atoms with Gasteiger partial charge >= 0.3 is 0 Å². The summed E-state index contributed by atoms with van der Waals surface area (Å²) in [6.45, 7) is 1.77. The van der Waals surface area contributed by atoms with Crippen molar-refractivity contribution in [1.82, 2.24) is 4.90 Å². The summed E-state index contributed by atoms with van der Waals surface area (Å²) in [7, 11) is 0. The van der Waals surface area contributed by atoms with E-state index >= 15 is 0 Å². The number of piperidine rings is 1. The van der Waals surface area contributed by atoms with Crippen LogP contribution in [-0.4, -0.2) is 23.9 Å². The SMILES string of the molecule is Nc1ccc(CC(=O)N2CCCCC2)c(N)c1. The highest BCUT2D eigenvalue weighted by atomic mass is 16.2. The Kier molecular flexibility index (Phi) is 3.52. The summed E-state index contributed by atoms with van der Waals surface area (Å²) in [5.41, 5.74) is 13.6. The molecule has 1 aromatic rings. The lowest BCUT2D eigenvalue weighted by Gasteiger charge is -2.27. The van der Waals surface area contributed by atoms with E-state index in [0.29, 0.717) is 17.8 Å². The molecule has 0 unspecified atom stereocenters. The Morgan fingerprint density at radius 1 is 1.18 bits per heavy atom. The molecule has 4 heteroatoms. The molecule has 1 aromatic carbocycles. The van der Waals surface area contributed by atoms with E-state index in [9.17, 15) is 4.79 Å². The fourth-order valence-corrected chi connectivity index (χ4v) is 2.19. The van der Waals surface area contributed by atoms with Gasteiger partial charge in [-0.15, -0.1) is 0 Å². The lowest BCUT2D eigenvalue weighted by atomic mass is 10.1. The largest absolute Gasteiger partial charge is 0.399 e. The number of likely N-dealkylation sites (tertiary alicyclic amines) is 1. The molecule has 1 aliphatic heterocycles. The van der Waals surface area contributed by atoms with Crippen LogP contribution in [0, 0.1) is 0 Å². The first-order valence-electron chi connectivity index (χ1n) is 6.08. The van der Waals surface area contributed by atoms with Crippen LogP contribution in [0.3, 0.4) is 0 Å². The van der Waals surface area contributed by atoms with Crippen LogP contribution in [0.2, 0.25) is 0 Å². The van der Waals surface area contributed by atoms with Crippen molar-refractivity contribution in [2.75, 3.05) is 24.6 Å². The van der Waals surface area contributed by atoms with Gasteiger partial charge in [0.1, 0.15) is 0 Å². The van der Waals surface area contributed by atoms with Gasteiger partial charge in [0.25, 0.3) is 0 Å². The number of anilines is 2. The van der Waals surface area contributed by atoms with Crippen LogP contribution >= 0.6 is 0 Å². The van der Waals surface area contributed by atoms with Gasteiger partial charge in [0.05, 0.1) is 6.42 Å². The third kappa shape index (κ3) is 2.90. The van der Waals surface area contributed by atoms with Gasteiger partial charge in [0.2, 0.25) is 5.91 Å². The molecule has 0 radical (unpaired) electrons. The summed E-state index contributed by atoms with van der Waals surface area (Å²) in [6, 6.07) is 5.33. The van der Waals surface area contributed by atoms with E-state index in [4.69, 9.17) is 11.5 Å². The topological polar surface area (TPSA) is 72.4 Å². The molecular weight excluding hydrogens is 214 g/mol. The molecule has 4 N–H and O–H groups in total. The molecule has 0 spiro atoms. The van der Waals surface area contributed by atoms with E-state index in [1.54, 1.807) is 12.1 Å². The molecule has 0 bridgehead atoms. The quantitative estimate of drug-likeness (QED) is 0.758. The van der Waals surface area contributed by atoms with Gasteiger partial charge in [0.15, 0.2) is 0 Å². The van der Waals surface area contributed by atoms with Crippen LogP contribution in [0.5, 0.6) is 0 Å². The highest BCUT2D eigenvalue weighted by molar-refractivity contribution is 5.80. The fourth-order valence-electron chi connectivity index (χ4n) is 2.19. The minimum absolute atomic E-state index is 0.168. The Hall–Kier alpha value is -1.71. The molecule has 1 aliphatic rings. The van der Waals surface area contributed by atoms with Gasteiger partial charge in [-0.2, -0.15) is 0 Å². The van der Waals surface area contributed by atoms with E-state index in [2.05, 4.69) is 0 Å². The molecule has 0 atom stereocenters. The summed E-state index contributed by atoms with van der Waals surface area (Å²) >= 11 is 0. The highest BCUT2D eigenvalue weighted by Crippen LogP contribution is 2.18. The van der Waals surface area contributed by atoms with Crippen molar-refractivity contribution in [3.63, 3.8) is 0 Å². The average Bonchev–Trinajstić information content (AvgIpc) is 2.34. The summed E-state index contributed by atoms with van der Waals surface area (Å²) in [4.78, 5) is 14.0. The third-order valence-electron chi connectivity index (χ3n) is 3.22. The molecule has 1 fully saturated rings. The third-order valence-corrected chi connectivity index (χ3v) is 3.22. The Morgan fingerprint density at radius 2 is 1.88 bits per heavy atom. The van der Waals surface area contributed by atoms with Crippen LogP contribution in [0.25, 0.3) is 0 Å². The van der Waals surface area contributed by atoms with Crippen molar-refractivity contribution >= 4 is 17.3 Å². The Bertz CT molecular complexity index is 411. The standard InChI is InChI=1S/C13H19N3O/c14-11-5-4-10(12(15)9-11)8-13(17)16-6-2-1-3-7-16/h4-5,9H,1-3,6-8,14-15H2. The van der Waals surface area contributed by atoms with E-state index in [1.165, 1.54) is 6.42 Å². The summed E-state index contributed by atoms with van der Waals surface area (Å²) in [5, 5.41) is 0. The lowest BCUT2D eigenvalue weighted by Crippen LogP contribution is -2.36. The van der Waals surface area contributed by atoms with E-state index in [-0.39, 0.29) is 5.91 Å². The van der Waals surface area contributed by atoms with Crippen molar-refractivity contribution in [1.29, 1.82) is 0 Å². The van der Waals surface area contributed by atoms with Gasteiger partial charge in [-0.3, -0.25) is 4.79 Å². The first-order valence-corrected chi connectivity index (χ1v) is 6.08. The van der Waals surface area contributed by atoms with Gasteiger partial charge in [-0.1, -0.05) is 6.07 Å². The van der Waals surface area contributed by atoms with Crippen molar-refractivity contribution in [2.45, 2.75) is 25.7 Å². The minimum atomic E-state index is 0.168. The molecule has 92 valence electrons. The molecule has 1 amide bonds. The normalized spacial score (nSPS) is 15.9. The summed E-state index contributed by atoms with van der Waals surface area (Å²) in [5.74, 6) is 0.168. The maximum absolute atomic E-state index is 12.0. The minimum Gasteiger partial charge on any atom is -0.399 e. The zero-order valence-corrected chi connectivity index (χ0v) is 9.98. The number of benzene rings is 1. The number of carbonyl (C=O) groups excluding carboxylic acids is 1. The van der Waals surface area contributed by atoms with Gasteiger partial charge in [0, 0.05) is 24.5 Å². The zero-order valence-electron chi connectivity index (χ0n) is 9.98. The molecule has 1 heterocycles. The van der Waals surface area contributed by atoms with E-state index in [0.717, 1.165) is 31.5 Å². The number of amides is 1. The predicted molar refractivity (Wildman–Crippen MR) is 69.4 cm³/mol. The first kappa shape index (κ1) is 11.8. The number of hydrogen-bond acceptors (Lipinski definition) is 3. The maximum atomic E-state index is 12.0. The number of nitrogens with two attached hydrogens (primary N) is 2. The van der Waals surface area contributed by atoms with Crippen molar-refractivity contribution in [2.24, 2.45) is 0 Å². The number of nitrogens with zero attached hydrogens (tertiary/aromatic N) is 1. The molecule has 4 nitrogen and oxygen atoms in total. The summed E-state index contributed by atoms with van der Waals surface area (Å²) < 4.78 is 0. The number of rotatable bonds is 2. The Labute approximate surface area is 102 Å². The zero-order chi connectivity index (χ0) is 12.3. The average molecular weight is 233 g/mol. The molecule has 17 heavy (non-hydrogen) atoms. The second-order valence-corrected chi connectivity index (χ2v) is 4.58. The molecule has 1 saturated heterocycles. The Morgan fingerprint density at radius 3 is 2.53 bits per heavy atom. The smallest absolute Gasteiger partial charge is 0.227 e. The number of carbonyl (C=O) groups is 1. The van der Waals surface area contributed by atoms with Crippen molar-refractivity contribution < 1.29 is 4.79 Å². The second kappa shape index (κ2) is 5.08. The number of nitrogen functional groups attached to an aromatic ring is 2. The van der Waals surface area contributed by atoms with Crippen molar-refractivity contribution in [3.8, 4) is 0 Å². The second-order valence-electron chi connectivity index (χ2n) is 4.58. The predicted octanol–water partition coefficient (Wildman–Crippen LogP) is 1.41. The van der Waals surface area contributed by atoms with Crippen LogP contribution < -0.4 is 11.5 Å². The fraction of sp³-hybridized carbons (Fsp3) is 0.462. The van der Waals surface area contributed by atoms with Crippen molar-refractivity contribution in [3.05, 3.63) is 23.8 Å². The van der Waals surface area contributed by atoms with E-state index < -0.39 is 0 Å². The molecule has 0 saturated carbocycles. The molecule has 0 aromatic heterocycles. The lowest BCUT2D eigenvalue weighted by molar-refractivity contribution is -0.131. The summed E-state index contributed by atoms with van der Waals surface area (Å²) in [6.07, 6.45) is 3.84. The van der Waals surface area contributed by atoms with Gasteiger partial charge in [-0.05, 0) is 37.0 Å². The van der Waals surface area contributed by atoms with Crippen LogP contribution in [0.1, 0.15) is 24.8 Å². The van der Waals surface area contributed by atoms with Gasteiger partial charge < -0.3 is 16.4 Å². The van der Waals surface area contributed by atoms with Crippen LogP contribution in [-0.2, 0) is 11.2 Å². The number of hydrogen-bond donors (Lipinski definition) is 2. The molecule has 0 aliphatic carbocycles. The molecule has 2 rings (SSSR count). The highest BCUT2D eigenvalue weighted by Gasteiger charge is 2.17. The molecular formula is C13H19N3O. The van der Waals surface area contributed by atoms with Crippen LogP contribution in [0.4, 0.5) is 11.4 Å². The Balaban J connectivity index is 2.02. The monoisotopic (exact) mass is 233 g/mol. The first-order chi connectivity index (χ1) is 8.16. The van der Waals surface area contributed by atoms with Gasteiger partial charge in [-0.25, -0.2) is 0 Å². The van der Waals surface area contributed by atoms with E-state index in [1.807, 2.05) is 11.0 Å².